The predicted octanol–water partition coefficient (Wildman–Crippen LogP) is -2.41. The smallest absolute Gasteiger partial charge is 0.0869 e. The molecule has 0 aromatic carbocycles. The first-order valence-corrected chi connectivity index (χ1v) is 26.0. The lowest BCUT2D eigenvalue weighted by Crippen LogP contribution is -2.55. The summed E-state index contributed by atoms with van der Waals surface area (Å²) in [5, 5.41) is 20.6. The highest BCUT2D eigenvalue weighted by Crippen LogP contribution is 2.06. The molecule has 0 saturated carbocycles. The van der Waals surface area contributed by atoms with Gasteiger partial charge in [-0.15, -0.1) is 0 Å². The zero-order valence-corrected chi connectivity index (χ0v) is 42.1. The molecule has 63 heavy (non-hydrogen) atoms. The largest absolute Gasteiger partial charge is 0.357 e. The van der Waals surface area contributed by atoms with Gasteiger partial charge in [-0.05, 0) is 125 Å². The minimum absolute atomic E-state index is 0.688. The van der Waals surface area contributed by atoms with Crippen molar-refractivity contribution >= 4 is 0 Å². The molecule has 0 bridgehead atoms. The van der Waals surface area contributed by atoms with E-state index in [1.165, 1.54) is 110 Å². The predicted molar refractivity (Wildman–Crippen MR) is 274 cm³/mol. The Morgan fingerprint density at radius 1 is 0.365 bits per heavy atom. The minimum atomic E-state index is 0.688. The van der Waals surface area contributed by atoms with E-state index in [4.69, 9.17) is 22.9 Å². The molecule has 0 radical (unpaired) electrons. The molecule has 1 aliphatic heterocycles. The molecule has 1 saturated heterocycles. The first kappa shape index (κ1) is 62.3. The fourth-order valence-corrected chi connectivity index (χ4v) is 7.76. The van der Waals surface area contributed by atoms with Gasteiger partial charge in [0.05, 0.1) is 6.54 Å². The maximum Gasteiger partial charge on any atom is 0.0869 e. The van der Waals surface area contributed by atoms with Gasteiger partial charge in [-0.2, -0.15) is 0 Å². The molecule has 0 aromatic rings. The summed E-state index contributed by atoms with van der Waals surface area (Å²) < 4.78 is 0. The van der Waals surface area contributed by atoms with Crippen LogP contribution in [0.5, 0.6) is 0 Å². The molecule has 17 heteroatoms. The highest BCUT2D eigenvalue weighted by molar-refractivity contribution is 4.69. The van der Waals surface area contributed by atoms with Gasteiger partial charge < -0.3 is 80.2 Å². The Hall–Kier alpha value is -0.680. The average Bonchev–Trinajstić information content (AvgIpc) is 4.17. The molecule has 0 aliphatic carbocycles. The Kier molecular flexibility index (Phi) is 50.2. The second-order valence-electron chi connectivity index (χ2n) is 17.6. The maximum atomic E-state index is 5.85. The number of unbranched alkanes of at least 4 members (excludes halogenated alkanes) is 7. The summed E-state index contributed by atoms with van der Waals surface area (Å²) in [7, 11) is 6.27. The van der Waals surface area contributed by atoms with E-state index < -0.39 is 0 Å². The monoisotopic (exact) mass is 903 g/mol. The van der Waals surface area contributed by atoms with Crippen LogP contribution in [0.1, 0.15) is 70.6 Å². The molecule has 380 valence electrons. The highest BCUT2D eigenvalue weighted by atomic mass is 15.2. The van der Waals surface area contributed by atoms with E-state index in [2.05, 4.69) is 74.1 Å². The molecule has 1 aliphatic rings. The normalized spacial score (nSPS) is 12.9. The zero-order valence-electron chi connectivity index (χ0n) is 42.1. The lowest BCUT2D eigenvalue weighted by Gasteiger charge is -2.26. The van der Waals surface area contributed by atoms with Crippen LogP contribution in [0, 0.1) is 0 Å². The van der Waals surface area contributed by atoms with Gasteiger partial charge in [0.15, 0.2) is 0 Å². The van der Waals surface area contributed by atoms with Gasteiger partial charge in [0, 0.05) is 151 Å². The standard InChI is InChI=1S/C44H106N16.C2H5N/c1-50-20-7-4-8-29-56(36-17-47)30-9-5-10-31-57(34-14-13-28-55(3)35-16-46)40-24-53-25-41-59(33-12-6-11-32-58(37-18-48)38-19-49)42-26-54-27-44-60(39-22-51-2)43-23-52-21-15-45;1-2-3-1/h50-54H,4-49H2,1-3H3;3H,1-2H2/p+1. The van der Waals surface area contributed by atoms with Crippen molar-refractivity contribution in [2.45, 2.75) is 70.6 Å². The van der Waals surface area contributed by atoms with Crippen LogP contribution in [-0.4, -0.2) is 260 Å². The Labute approximate surface area is 390 Å². The molecule has 1 rings (SSSR count). The van der Waals surface area contributed by atoms with Crippen molar-refractivity contribution in [3.8, 4) is 0 Å². The van der Waals surface area contributed by atoms with Crippen molar-refractivity contribution in [2.24, 2.45) is 22.9 Å². The van der Waals surface area contributed by atoms with Gasteiger partial charge in [0.2, 0.25) is 0 Å². The molecular weight excluding hydrogens is 791 g/mol. The van der Waals surface area contributed by atoms with E-state index in [9.17, 15) is 0 Å². The van der Waals surface area contributed by atoms with Crippen LogP contribution in [0.4, 0.5) is 0 Å². The number of quaternary nitrogens is 1. The van der Waals surface area contributed by atoms with Crippen molar-refractivity contribution in [1.82, 2.24) is 61.3 Å². The zero-order chi connectivity index (χ0) is 46.1. The van der Waals surface area contributed by atoms with Crippen molar-refractivity contribution in [2.75, 3.05) is 231 Å². The number of hydrogen-bond acceptors (Lipinski definition) is 16. The quantitative estimate of drug-likeness (QED) is 0.0226. The number of hydrogen-bond donors (Lipinski definition) is 11. The van der Waals surface area contributed by atoms with E-state index in [0.29, 0.717) is 19.6 Å². The van der Waals surface area contributed by atoms with E-state index in [1.54, 1.807) is 0 Å². The average molecular weight is 904 g/mol. The number of nitrogens with zero attached hydrogens (tertiary/aromatic N) is 6. The number of likely N-dealkylation sites (N-methyl/N-ethyl adjacent to an activating group) is 2. The lowest BCUT2D eigenvalue weighted by molar-refractivity contribution is -0.368. The van der Waals surface area contributed by atoms with Crippen LogP contribution in [-0.2, 0) is 0 Å². The van der Waals surface area contributed by atoms with Gasteiger partial charge in [-0.1, -0.05) is 19.3 Å². The minimum Gasteiger partial charge on any atom is -0.357 e. The Morgan fingerprint density at radius 3 is 1.10 bits per heavy atom. The van der Waals surface area contributed by atoms with Crippen LogP contribution >= 0.6 is 0 Å². The fourth-order valence-electron chi connectivity index (χ4n) is 7.76. The molecule has 0 aromatic heterocycles. The van der Waals surface area contributed by atoms with E-state index in [-0.39, 0.29) is 0 Å². The summed E-state index contributed by atoms with van der Waals surface area (Å²) in [5.74, 6) is 0. The van der Waals surface area contributed by atoms with Crippen molar-refractivity contribution < 1.29 is 5.73 Å². The summed E-state index contributed by atoms with van der Waals surface area (Å²) >= 11 is 0. The Morgan fingerprint density at radius 2 is 0.698 bits per heavy atom. The van der Waals surface area contributed by atoms with Crippen LogP contribution in [0.25, 0.3) is 0 Å². The topological polar surface area (TPSA) is 233 Å². The Balaban J connectivity index is 0.0000122. The summed E-state index contributed by atoms with van der Waals surface area (Å²) in [5.41, 5.74) is 27.3. The van der Waals surface area contributed by atoms with E-state index in [1.807, 2.05) is 14.1 Å². The van der Waals surface area contributed by atoms with Gasteiger partial charge in [-0.3, -0.25) is 9.80 Å². The molecule has 0 amide bonds. The number of rotatable bonds is 51. The maximum absolute atomic E-state index is 5.85. The summed E-state index contributed by atoms with van der Waals surface area (Å²) in [4.78, 5) is 15.4. The fraction of sp³-hybridized carbons (Fsp3) is 1.00. The Bertz CT molecular complexity index is 855. The van der Waals surface area contributed by atoms with Crippen molar-refractivity contribution in [3.63, 3.8) is 0 Å². The van der Waals surface area contributed by atoms with Gasteiger partial charge in [0.25, 0.3) is 0 Å². The summed E-state index contributed by atoms with van der Waals surface area (Å²) in [6.45, 7) is 33.0. The molecule has 1 heterocycles. The van der Waals surface area contributed by atoms with Crippen LogP contribution in [0.15, 0.2) is 0 Å². The van der Waals surface area contributed by atoms with Crippen LogP contribution in [0.2, 0.25) is 0 Å². The van der Waals surface area contributed by atoms with Crippen LogP contribution in [0.3, 0.4) is 0 Å². The van der Waals surface area contributed by atoms with Gasteiger partial charge >= 0.3 is 0 Å². The van der Waals surface area contributed by atoms with Crippen molar-refractivity contribution in [3.05, 3.63) is 0 Å². The molecule has 0 unspecified atom stereocenters. The second kappa shape index (κ2) is 50.7. The molecule has 0 atom stereocenters. The van der Waals surface area contributed by atoms with Crippen molar-refractivity contribution in [1.29, 1.82) is 0 Å². The third kappa shape index (κ3) is 46.2. The second-order valence-corrected chi connectivity index (χ2v) is 17.6. The molecule has 17 nitrogen and oxygen atoms in total. The molecule has 1 fully saturated rings. The first-order valence-electron chi connectivity index (χ1n) is 26.0. The van der Waals surface area contributed by atoms with Gasteiger partial charge in [-0.25, -0.2) is 0 Å². The van der Waals surface area contributed by atoms with Crippen LogP contribution < -0.4 is 60.6 Å². The molecule has 17 N–H and O–H groups in total. The van der Waals surface area contributed by atoms with E-state index >= 15 is 0 Å². The molecule has 0 spiro atoms. The third-order valence-corrected chi connectivity index (χ3v) is 11.7. The lowest BCUT2D eigenvalue weighted by atomic mass is 10.2. The summed E-state index contributed by atoms with van der Waals surface area (Å²) in [6.07, 6.45) is 13.9. The van der Waals surface area contributed by atoms with Gasteiger partial charge in [0.1, 0.15) is 0 Å². The highest BCUT2D eigenvalue weighted by Gasteiger charge is 2.11. The SMILES string of the molecule is C1CN1.CNCCCCCN(CC[NH3+])CCCCCN(CCCCN(C)CCN)CCNCCN(CCCCCN(CCN)CCN)CCNCCN(CCNC)CCNCCN. The third-order valence-electron chi connectivity index (χ3n) is 11.7. The molecular formula is C46H112N17+. The number of nitrogens with one attached hydrogen (secondary N) is 6. The first-order chi connectivity index (χ1) is 31.0. The number of nitrogens with two attached hydrogens (primary N) is 4. The van der Waals surface area contributed by atoms with E-state index in [0.717, 1.165) is 151 Å². The summed E-state index contributed by atoms with van der Waals surface area (Å²) in [6, 6.07) is 0.